The molecule has 0 heterocycles. The molecule has 0 spiro atoms. The zero-order valence-electron chi connectivity index (χ0n) is 23.0. The van der Waals surface area contributed by atoms with E-state index in [0.29, 0.717) is 11.5 Å². The van der Waals surface area contributed by atoms with Crippen LogP contribution < -0.4 is 24.7 Å². The maximum absolute atomic E-state index is 13.7. The highest BCUT2D eigenvalue weighted by atomic mass is 19.1. The molecule has 0 amide bonds. The molecular formula is C30H26F2N2O8. The Balaban J connectivity index is 0.000000231. The van der Waals surface area contributed by atoms with Crippen molar-refractivity contribution in [3.8, 4) is 23.0 Å². The van der Waals surface area contributed by atoms with Gasteiger partial charge in [-0.2, -0.15) is 0 Å². The molecule has 0 radical (unpaired) electrons. The van der Waals surface area contributed by atoms with Gasteiger partial charge in [-0.1, -0.05) is 24.3 Å². The monoisotopic (exact) mass is 580 g/mol. The molecule has 4 rings (SSSR count). The number of hydrogen-bond donors (Lipinski definition) is 1. The molecular weight excluding hydrogens is 554 g/mol. The highest BCUT2D eigenvalue weighted by molar-refractivity contribution is 6.10. The third-order valence-corrected chi connectivity index (χ3v) is 5.92. The number of ketones is 2. The van der Waals surface area contributed by atoms with Crippen molar-refractivity contribution in [1.29, 1.82) is 0 Å². The van der Waals surface area contributed by atoms with Gasteiger partial charge in [-0.05, 0) is 42.5 Å². The first kappa shape index (κ1) is 31.0. The van der Waals surface area contributed by atoms with Crippen molar-refractivity contribution in [2.45, 2.75) is 0 Å². The van der Waals surface area contributed by atoms with Gasteiger partial charge in [0.2, 0.25) is 5.75 Å². The van der Waals surface area contributed by atoms with Crippen LogP contribution >= 0.6 is 0 Å². The fourth-order valence-corrected chi connectivity index (χ4v) is 3.94. The summed E-state index contributed by atoms with van der Waals surface area (Å²) in [5, 5.41) is 11.1. The predicted molar refractivity (Wildman–Crippen MR) is 150 cm³/mol. The molecule has 0 fully saturated rings. The van der Waals surface area contributed by atoms with Gasteiger partial charge in [0.25, 0.3) is 0 Å². The van der Waals surface area contributed by atoms with Gasteiger partial charge < -0.3 is 24.7 Å². The van der Waals surface area contributed by atoms with Crippen molar-refractivity contribution in [2.24, 2.45) is 0 Å². The summed E-state index contributed by atoms with van der Waals surface area (Å²) < 4.78 is 47.5. The van der Waals surface area contributed by atoms with Gasteiger partial charge >= 0.3 is 5.69 Å². The number of carbonyl (C=O) groups is 2. The van der Waals surface area contributed by atoms with Crippen LogP contribution in [0.5, 0.6) is 23.0 Å². The number of nitro groups is 1. The molecule has 2 N–H and O–H groups in total. The molecule has 10 nitrogen and oxygen atoms in total. The lowest BCUT2D eigenvalue weighted by molar-refractivity contribution is -0.385. The summed E-state index contributed by atoms with van der Waals surface area (Å²) >= 11 is 0. The number of hydrogen-bond acceptors (Lipinski definition) is 9. The molecule has 4 aromatic rings. The van der Waals surface area contributed by atoms with Gasteiger partial charge in [0, 0.05) is 17.2 Å². The topological polar surface area (TPSA) is 140 Å². The summed E-state index contributed by atoms with van der Waals surface area (Å²) in [4.78, 5) is 35.1. The molecule has 0 aromatic heterocycles. The number of halogens is 2. The molecule has 0 saturated carbocycles. The third-order valence-electron chi connectivity index (χ3n) is 5.92. The molecule has 0 aliphatic heterocycles. The van der Waals surface area contributed by atoms with Gasteiger partial charge in [-0.25, -0.2) is 8.78 Å². The van der Waals surface area contributed by atoms with Crippen LogP contribution in [0.4, 0.5) is 20.2 Å². The predicted octanol–water partition coefficient (Wildman–Crippen LogP) is 5.64. The molecule has 0 saturated heterocycles. The average molecular weight is 581 g/mol. The number of nitro benzene ring substituents is 1. The maximum Gasteiger partial charge on any atom is 0.315 e. The van der Waals surface area contributed by atoms with Crippen molar-refractivity contribution >= 4 is 22.9 Å². The number of methoxy groups -OCH3 is 4. The van der Waals surface area contributed by atoms with E-state index in [2.05, 4.69) is 0 Å². The molecule has 218 valence electrons. The standard InChI is InChI=1S/C15H12FNO5.C15H14FNO3/c1-21-13-8-9(7-12(17(19)20)15(13)22-2)14(18)10-5-3-4-6-11(10)16;1-19-13-8-9(7-12(17)15(13)20-2)14(18)10-5-3-4-6-11(10)16/h3-8H,1-2H3;3-8H,17H2,1-2H3. The summed E-state index contributed by atoms with van der Waals surface area (Å²) in [6, 6.07) is 16.4. The first-order chi connectivity index (χ1) is 20.1. The lowest BCUT2D eigenvalue weighted by Gasteiger charge is -2.12. The zero-order valence-corrected chi connectivity index (χ0v) is 23.0. The van der Waals surface area contributed by atoms with E-state index in [0.717, 1.165) is 12.1 Å². The minimum absolute atomic E-state index is 0.0147. The van der Waals surface area contributed by atoms with Gasteiger partial charge in [0.1, 0.15) is 11.6 Å². The lowest BCUT2D eigenvalue weighted by Crippen LogP contribution is -2.06. The van der Waals surface area contributed by atoms with Crippen LogP contribution in [0.15, 0.2) is 72.8 Å². The van der Waals surface area contributed by atoms with Crippen LogP contribution in [0.25, 0.3) is 0 Å². The minimum atomic E-state index is -0.704. The summed E-state index contributed by atoms with van der Waals surface area (Å²) in [5.41, 5.74) is 5.63. The van der Waals surface area contributed by atoms with E-state index in [9.17, 15) is 28.5 Å². The van der Waals surface area contributed by atoms with E-state index in [-0.39, 0.29) is 39.4 Å². The van der Waals surface area contributed by atoms with Crippen molar-refractivity contribution in [2.75, 3.05) is 34.2 Å². The molecule has 0 aliphatic carbocycles. The van der Waals surface area contributed by atoms with Gasteiger partial charge in [-0.15, -0.1) is 0 Å². The number of carbonyl (C=O) groups excluding carboxylic acids is 2. The fraction of sp³-hybridized carbons (Fsp3) is 0.133. The maximum atomic E-state index is 13.7. The second-order valence-electron chi connectivity index (χ2n) is 8.41. The Morgan fingerprint density at radius 3 is 1.52 bits per heavy atom. The number of nitrogen functional groups attached to an aromatic ring is 1. The second-order valence-corrected chi connectivity index (χ2v) is 8.41. The fourth-order valence-electron chi connectivity index (χ4n) is 3.94. The summed E-state index contributed by atoms with van der Waals surface area (Å²) in [7, 11) is 5.43. The number of benzene rings is 4. The van der Waals surface area contributed by atoms with Crippen molar-refractivity contribution < 1.29 is 42.2 Å². The van der Waals surface area contributed by atoms with Crippen molar-refractivity contribution in [3.63, 3.8) is 0 Å². The molecule has 0 unspecified atom stereocenters. The van der Waals surface area contributed by atoms with Crippen LogP contribution in [-0.4, -0.2) is 44.9 Å². The molecule has 42 heavy (non-hydrogen) atoms. The Bertz CT molecular complexity index is 1640. The van der Waals surface area contributed by atoms with E-state index in [1.807, 2.05) is 0 Å². The van der Waals surface area contributed by atoms with Crippen LogP contribution in [0.2, 0.25) is 0 Å². The highest BCUT2D eigenvalue weighted by Crippen LogP contribution is 2.38. The number of nitrogens with zero attached hydrogens (tertiary/aromatic N) is 1. The molecule has 12 heteroatoms. The molecule has 0 bridgehead atoms. The second kappa shape index (κ2) is 13.7. The van der Waals surface area contributed by atoms with E-state index in [1.165, 1.54) is 83.0 Å². The summed E-state index contributed by atoms with van der Waals surface area (Å²) in [6.45, 7) is 0. The Kier molecular flexibility index (Phi) is 10.1. The van der Waals surface area contributed by atoms with Gasteiger partial charge in [-0.3, -0.25) is 19.7 Å². The normalized spacial score (nSPS) is 10.1. The Morgan fingerprint density at radius 2 is 1.12 bits per heavy atom. The van der Waals surface area contributed by atoms with Crippen molar-refractivity contribution in [1.82, 2.24) is 0 Å². The number of anilines is 1. The summed E-state index contributed by atoms with van der Waals surface area (Å²) in [6.07, 6.45) is 0. The van der Waals surface area contributed by atoms with Crippen LogP contribution in [0.3, 0.4) is 0 Å². The molecule has 0 atom stereocenters. The largest absolute Gasteiger partial charge is 0.493 e. The van der Waals surface area contributed by atoms with Gasteiger partial charge in [0.05, 0.1) is 50.2 Å². The zero-order chi connectivity index (χ0) is 31.0. The van der Waals surface area contributed by atoms with E-state index in [1.54, 1.807) is 6.07 Å². The smallest absolute Gasteiger partial charge is 0.315 e. The highest BCUT2D eigenvalue weighted by Gasteiger charge is 2.25. The minimum Gasteiger partial charge on any atom is -0.493 e. The molecule has 0 aliphatic rings. The SMILES string of the molecule is COc1cc(C(=O)c2ccccc2F)cc(N)c1OC.COc1cc(C(=O)c2ccccc2F)cc([N+](=O)[O-])c1OC. The van der Waals surface area contributed by atoms with E-state index in [4.69, 9.17) is 24.7 Å². The van der Waals surface area contributed by atoms with Crippen molar-refractivity contribution in [3.05, 3.63) is 117 Å². The van der Waals surface area contributed by atoms with Gasteiger partial charge in [0.15, 0.2) is 28.8 Å². The quantitative estimate of drug-likeness (QED) is 0.115. The van der Waals surface area contributed by atoms with Crippen LogP contribution in [-0.2, 0) is 0 Å². The first-order valence-electron chi connectivity index (χ1n) is 12.1. The summed E-state index contributed by atoms with van der Waals surface area (Å²) in [5.74, 6) is -1.83. The first-order valence-corrected chi connectivity index (χ1v) is 12.1. The number of ether oxygens (including phenoxy) is 4. The van der Waals surface area contributed by atoms with E-state index < -0.39 is 33.8 Å². The Labute approximate surface area is 239 Å². The van der Waals surface area contributed by atoms with Crippen LogP contribution in [0, 0.1) is 21.7 Å². The number of nitrogens with two attached hydrogens (primary N) is 1. The van der Waals surface area contributed by atoms with E-state index >= 15 is 0 Å². The Hall–Kier alpha value is -5.52. The third kappa shape index (κ3) is 6.61. The molecule has 4 aromatic carbocycles. The lowest BCUT2D eigenvalue weighted by atomic mass is 10.0. The van der Waals surface area contributed by atoms with Crippen LogP contribution in [0.1, 0.15) is 31.8 Å². The average Bonchev–Trinajstić information content (AvgIpc) is 2.99. The Morgan fingerprint density at radius 1 is 0.690 bits per heavy atom. The number of rotatable bonds is 9.